The van der Waals surface area contributed by atoms with Crippen molar-refractivity contribution in [3.8, 4) is 11.1 Å². The third kappa shape index (κ3) is 4.29. The molecule has 0 bridgehead atoms. The highest BCUT2D eigenvalue weighted by atomic mass is 15.3. The van der Waals surface area contributed by atoms with Crippen molar-refractivity contribution in [1.82, 2.24) is 4.90 Å². The predicted molar refractivity (Wildman–Crippen MR) is 181 cm³/mol. The molecular formula is C40H29N3. The Morgan fingerprint density at radius 3 is 1.63 bits per heavy atom. The summed E-state index contributed by atoms with van der Waals surface area (Å²) < 4.78 is 0. The molecule has 3 nitrogen and oxygen atoms in total. The van der Waals surface area contributed by atoms with Gasteiger partial charge in [-0.3, -0.25) is 0 Å². The average Bonchev–Trinajstić information content (AvgIpc) is 3.09. The molecule has 0 N–H and O–H groups in total. The van der Waals surface area contributed by atoms with Crippen molar-refractivity contribution in [3.63, 3.8) is 0 Å². The molecule has 0 aromatic heterocycles. The van der Waals surface area contributed by atoms with Crippen molar-refractivity contribution in [3.05, 3.63) is 168 Å². The first kappa shape index (κ1) is 25.2. The van der Waals surface area contributed by atoms with E-state index in [0.29, 0.717) is 0 Å². The summed E-state index contributed by atoms with van der Waals surface area (Å²) in [5.74, 6) is 1.65. The van der Waals surface area contributed by atoms with Crippen LogP contribution in [0.3, 0.4) is 0 Å². The third-order valence-electron chi connectivity index (χ3n) is 8.52. The van der Waals surface area contributed by atoms with E-state index in [0.717, 1.165) is 28.4 Å². The average molecular weight is 552 g/mol. The molecule has 8 rings (SSSR count). The van der Waals surface area contributed by atoms with E-state index in [2.05, 4.69) is 139 Å². The molecule has 1 aliphatic rings. The number of rotatable bonds is 4. The zero-order valence-corrected chi connectivity index (χ0v) is 23.9. The molecular weight excluding hydrogens is 522 g/mol. The van der Waals surface area contributed by atoms with Gasteiger partial charge in [-0.2, -0.15) is 0 Å². The maximum atomic E-state index is 5.27. The lowest BCUT2D eigenvalue weighted by atomic mass is 9.90. The van der Waals surface area contributed by atoms with Gasteiger partial charge in [0.2, 0.25) is 0 Å². The second-order valence-corrected chi connectivity index (χ2v) is 11.0. The Kier molecular flexibility index (Phi) is 6.08. The predicted octanol–water partition coefficient (Wildman–Crippen LogP) is 9.65. The molecule has 1 aliphatic heterocycles. The van der Waals surface area contributed by atoms with Crippen molar-refractivity contribution in [2.24, 2.45) is 9.98 Å². The highest BCUT2D eigenvalue weighted by Crippen LogP contribution is 2.40. The number of fused-ring (bicyclic) bond motifs is 6. The third-order valence-corrected chi connectivity index (χ3v) is 8.52. The van der Waals surface area contributed by atoms with Crippen LogP contribution in [0.15, 0.2) is 162 Å². The van der Waals surface area contributed by atoms with Gasteiger partial charge in [0.1, 0.15) is 5.84 Å². The molecule has 204 valence electrons. The van der Waals surface area contributed by atoms with Crippen molar-refractivity contribution in [1.29, 1.82) is 0 Å². The van der Waals surface area contributed by atoms with Gasteiger partial charge in [-0.1, -0.05) is 146 Å². The van der Waals surface area contributed by atoms with E-state index in [-0.39, 0.29) is 6.17 Å². The first-order valence-corrected chi connectivity index (χ1v) is 14.7. The van der Waals surface area contributed by atoms with Crippen LogP contribution in [0.25, 0.3) is 43.4 Å². The summed E-state index contributed by atoms with van der Waals surface area (Å²) in [5, 5.41) is 7.66. The van der Waals surface area contributed by atoms with Crippen LogP contribution in [-0.4, -0.2) is 23.6 Å². The van der Waals surface area contributed by atoms with E-state index in [4.69, 9.17) is 9.98 Å². The van der Waals surface area contributed by atoms with Gasteiger partial charge < -0.3 is 4.90 Å². The van der Waals surface area contributed by atoms with E-state index in [1.807, 2.05) is 24.3 Å². The number of amidine groups is 2. The minimum absolute atomic E-state index is 0.247. The minimum Gasteiger partial charge on any atom is -0.333 e. The molecule has 0 fully saturated rings. The van der Waals surface area contributed by atoms with Crippen molar-refractivity contribution >= 4 is 44.0 Å². The molecule has 7 aromatic carbocycles. The summed E-state index contributed by atoms with van der Waals surface area (Å²) in [6.45, 7) is 0. The fourth-order valence-electron chi connectivity index (χ4n) is 6.45. The highest BCUT2D eigenvalue weighted by Gasteiger charge is 2.28. The van der Waals surface area contributed by atoms with E-state index in [1.54, 1.807) is 0 Å². The van der Waals surface area contributed by atoms with Gasteiger partial charge in [0.25, 0.3) is 0 Å². The summed E-state index contributed by atoms with van der Waals surface area (Å²) in [4.78, 5) is 12.6. The van der Waals surface area contributed by atoms with Gasteiger partial charge in [0.15, 0.2) is 12.0 Å². The lowest BCUT2D eigenvalue weighted by Gasteiger charge is -2.33. The molecule has 1 heterocycles. The molecule has 1 atom stereocenters. The Morgan fingerprint density at radius 1 is 0.465 bits per heavy atom. The molecule has 0 saturated heterocycles. The van der Waals surface area contributed by atoms with Crippen LogP contribution < -0.4 is 0 Å². The van der Waals surface area contributed by atoms with Crippen LogP contribution in [0.1, 0.15) is 22.9 Å². The summed E-state index contributed by atoms with van der Waals surface area (Å²) in [5.41, 5.74) is 5.57. The molecule has 0 aliphatic carbocycles. The number of hydrogen-bond donors (Lipinski definition) is 0. The smallest absolute Gasteiger partial charge is 0.159 e. The van der Waals surface area contributed by atoms with Gasteiger partial charge in [0.05, 0.1) is 0 Å². The molecule has 7 aromatic rings. The van der Waals surface area contributed by atoms with Crippen LogP contribution in [0.4, 0.5) is 0 Å². The van der Waals surface area contributed by atoms with Gasteiger partial charge in [-0.25, -0.2) is 9.98 Å². The topological polar surface area (TPSA) is 28.0 Å². The maximum Gasteiger partial charge on any atom is 0.159 e. The Labute approximate surface area is 251 Å². The molecule has 0 radical (unpaired) electrons. The van der Waals surface area contributed by atoms with Gasteiger partial charge in [0, 0.05) is 23.7 Å². The van der Waals surface area contributed by atoms with Gasteiger partial charge in [-0.15, -0.1) is 0 Å². The summed E-state index contributed by atoms with van der Waals surface area (Å²) in [6.07, 6.45) is -0.247. The highest BCUT2D eigenvalue weighted by molar-refractivity contribution is 6.25. The number of nitrogens with zero attached hydrogens (tertiary/aromatic N) is 3. The van der Waals surface area contributed by atoms with E-state index < -0.39 is 0 Å². The fourth-order valence-corrected chi connectivity index (χ4v) is 6.45. The quantitative estimate of drug-likeness (QED) is 0.200. The van der Waals surface area contributed by atoms with E-state index >= 15 is 0 Å². The maximum absolute atomic E-state index is 5.27. The van der Waals surface area contributed by atoms with Gasteiger partial charge >= 0.3 is 0 Å². The Morgan fingerprint density at radius 2 is 0.977 bits per heavy atom. The van der Waals surface area contributed by atoms with Crippen molar-refractivity contribution < 1.29 is 0 Å². The summed E-state index contributed by atoms with van der Waals surface area (Å²) in [7, 11) is 2.10. The van der Waals surface area contributed by atoms with Crippen LogP contribution >= 0.6 is 0 Å². The van der Waals surface area contributed by atoms with E-state index in [9.17, 15) is 0 Å². The van der Waals surface area contributed by atoms with Gasteiger partial charge in [-0.05, 0) is 49.5 Å². The number of aliphatic imine (C=N–C) groups is 2. The minimum atomic E-state index is -0.247. The zero-order valence-electron chi connectivity index (χ0n) is 23.9. The Balaban J connectivity index is 1.33. The molecule has 0 saturated carbocycles. The molecule has 3 heteroatoms. The number of benzene rings is 7. The lowest BCUT2D eigenvalue weighted by molar-refractivity contribution is 0.383. The second-order valence-electron chi connectivity index (χ2n) is 11.0. The Hall–Kier alpha value is -5.54. The van der Waals surface area contributed by atoms with E-state index in [1.165, 1.54) is 43.4 Å². The normalized spacial score (nSPS) is 15.1. The van der Waals surface area contributed by atoms with Crippen LogP contribution in [0, 0.1) is 0 Å². The fraction of sp³-hybridized carbons (Fsp3) is 0.0500. The molecule has 1 unspecified atom stereocenters. The first-order chi connectivity index (χ1) is 21.3. The van der Waals surface area contributed by atoms with Crippen LogP contribution in [-0.2, 0) is 0 Å². The standard InChI is InChI=1S/C40H29N3/c1-43-39(28-16-6-3-7-17-28)41-38(27-14-4-2-5-15-27)42-40(43)36-23-13-8-18-30(36)29-24-25-35-33-21-10-9-19-31(33)32-20-11-12-22-34(32)37(35)26-29/h2-26,40H,1H3. The molecule has 0 amide bonds. The first-order valence-electron chi connectivity index (χ1n) is 14.7. The zero-order chi connectivity index (χ0) is 28.8. The lowest BCUT2D eigenvalue weighted by Crippen LogP contribution is -2.35. The van der Waals surface area contributed by atoms with Crippen LogP contribution in [0.5, 0.6) is 0 Å². The molecule has 0 spiro atoms. The van der Waals surface area contributed by atoms with Crippen molar-refractivity contribution in [2.75, 3.05) is 7.05 Å². The number of hydrogen-bond acceptors (Lipinski definition) is 3. The van der Waals surface area contributed by atoms with Crippen LogP contribution in [0.2, 0.25) is 0 Å². The SMILES string of the molecule is CN1C(c2ccccc2)=NC(c2ccccc2)=NC1c1ccccc1-c1ccc2c3ccccc3c3ccccc3c2c1. The van der Waals surface area contributed by atoms with Crippen molar-refractivity contribution in [2.45, 2.75) is 6.17 Å². The molecule has 43 heavy (non-hydrogen) atoms. The Bertz CT molecular complexity index is 2160. The second kappa shape index (κ2) is 10.4. The summed E-state index contributed by atoms with van der Waals surface area (Å²) in [6, 6.07) is 53.7. The largest absolute Gasteiger partial charge is 0.333 e. The summed E-state index contributed by atoms with van der Waals surface area (Å²) >= 11 is 0. The monoisotopic (exact) mass is 551 g/mol.